The van der Waals surface area contributed by atoms with Crippen molar-refractivity contribution in [3.63, 3.8) is 0 Å². The topological polar surface area (TPSA) is 16.1 Å². The maximum atomic E-state index is 12.8. The molecule has 2 fully saturated rings. The van der Waals surface area contributed by atoms with Gasteiger partial charge in [0, 0.05) is 13.2 Å². The van der Waals surface area contributed by atoms with Crippen LogP contribution in [0.1, 0.15) is 82.6 Å². The molecule has 5 heteroatoms. The summed E-state index contributed by atoms with van der Waals surface area (Å²) in [6, 6.07) is 3.34. The van der Waals surface area contributed by atoms with Crippen LogP contribution in [0, 0.1) is 17.8 Å². The number of hydrogen-bond acceptors (Lipinski definition) is 2. The first-order valence-electron chi connectivity index (χ1n) is 10.6. The largest absolute Gasteiger partial charge is 0.485 e. The molecule has 2 aliphatic rings. The zero-order valence-electron chi connectivity index (χ0n) is 16.6. The Kier molecular flexibility index (Phi) is 6.69. The van der Waals surface area contributed by atoms with Gasteiger partial charge < -0.3 is 0 Å². The van der Waals surface area contributed by atoms with Crippen LogP contribution in [0.15, 0.2) is 18.3 Å². The van der Waals surface area contributed by atoms with Crippen LogP contribution < -0.4 is 4.90 Å². The van der Waals surface area contributed by atoms with E-state index in [9.17, 15) is 13.2 Å². The van der Waals surface area contributed by atoms with Crippen LogP contribution >= 0.6 is 0 Å². The Bertz CT molecular complexity index is 568. The summed E-state index contributed by atoms with van der Waals surface area (Å²) in [5.41, 5.74) is 1.10. The summed E-state index contributed by atoms with van der Waals surface area (Å²) in [5, 5.41) is 0. The number of nitrogens with zero attached hydrogens (tertiary/aromatic N) is 2. The number of rotatable bonds is 5. The minimum Gasteiger partial charge on any atom is -0.271 e. The molecule has 3 rings (SSSR count). The molecule has 0 aliphatic heterocycles. The first kappa shape index (κ1) is 20.5. The van der Waals surface area contributed by atoms with Crippen LogP contribution in [-0.4, -0.2) is 18.3 Å². The fourth-order valence-corrected chi connectivity index (χ4v) is 5.25. The monoisotopic (exact) mass is 382 g/mol. The molecule has 1 aromatic rings. The average molecular weight is 383 g/mol. The number of hydrogen-bond donors (Lipinski definition) is 0. The lowest BCUT2D eigenvalue weighted by Crippen LogP contribution is -2.34. The molecule has 0 amide bonds. The summed E-state index contributed by atoms with van der Waals surface area (Å²) < 4.78 is 38.3. The van der Waals surface area contributed by atoms with E-state index in [0.29, 0.717) is 5.92 Å². The van der Waals surface area contributed by atoms with E-state index >= 15 is 0 Å². The van der Waals surface area contributed by atoms with E-state index in [2.05, 4.69) is 11.9 Å². The molecule has 2 aliphatic carbocycles. The van der Waals surface area contributed by atoms with Crippen LogP contribution in [-0.2, 0) is 0 Å². The van der Waals surface area contributed by atoms with Crippen molar-refractivity contribution in [2.45, 2.75) is 83.4 Å². The van der Waals surface area contributed by atoms with Crippen LogP contribution in [0.2, 0.25) is 0 Å². The van der Waals surface area contributed by atoms with E-state index in [0.717, 1.165) is 43.2 Å². The number of halogens is 3. The highest BCUT2D eigenvalue weighted by molar-refractivity contribution is 5.39. The molecule has 1 heterocycles. The lowest BCUT2D eigenvalue weighted by molar-refractivity contribution is -0.126. The van der Waals surface area contributed by atoms with Gasteiger partial charge in [-0.1, -0.05) is 38.7 Å². The minimum absolute atomic E-state index is 0.0382. The van der Waals surface area contributed by atoms with Gasteiger partial charge in [-0.05, 0) is 73.8 Å². The van der Waals surface area contributed by atoms with Gasteiger partial charge in [0.15, 0.2) is 0 Å². The number of aromatic nitrogens is 1. The third kappa shape index (κ3) is 5.17. The smallest absolute Gasteiger partial charge is 0.271 e. The van der Waals surface area contributed by atoms with Gasteiger partial charge in [0.2, 0.25) is 0 Å². The lowest BCUT2D eigenvalue weighted by atomic mass is 9.68. The van der Waals surface area contributed by atoms with Gasteiger partial charge in [0.25, 0.3) is 0 Å². The lowest BCUT2D eigenvalue weighted by Gasteiger charge is -2.38. The molecule has 27 heavy (non-hydrogen) atoms. The SMILES string of the molecule is CCCC1CCC(C2CCC(c3ccc(N(C)C(F)(F)F)nc3)CC2)CC1. The highest BCUT2D eigenvalue weighted by atomic mass is 19.4. The van der Waals surface area contributed by atoms with Crippen molar-refractivity contribution in [3.8, 4) is 0 Å². The van der Waals surface area contributed by atoms with Gasteiger partial charge in [-0.3, -0.25) is 4.90 Å². The van der Waals surface area contributed by atoms with E-state index in [-0.39, 0.29) is 10.7 Å². The van der Waals surface area contributed by atoms with Gasteiger partial charge in [0.05, 0.1) is 0 Å². The molecule has 0 radical (unpaired) electrons. The summed E-state index contributed by atoms with van der Waals surface area (Å²) in [4.78, 5) is 4.33. The van der Waals surface area contributed by atoms with Crippen molar-refractivity contribution >= 4 is 5.82 Å². The van der Waals surface area contributed by atoms with Crippen LogP contribution in [0.25, 0.3) is 0 Å². The average Bonchev–Trinajstić information content (AvgIpc) is 2.68. The van der Waals surface area contributed by atoms with E-state index in [1.807, 2.05) is 6.07 Å². The predicted octanol–water partition coefficient (Wildman–Crippen LogP) is 6.92. The zero-order valence-corrected chi connectivity index (χ0v) is 16.6. The third-order valence-electron chi connectivity index (χ3n) is 6.99. The Morgan fingerprint density at radius 1 is 0.963 bits per heavy atom. The Morgan fingerprint density at radius 2 is 1.56 bits per heavy atom. The number of pyridine rings is 1. The fourth-order valence-electron chi connectivity index (χ4n) is 5.25. The zero-order chi connectivity index (χ0) is 19.4. The highest BCUT2D eigenvalue weighted by Crippen LogP contribution is 2.44. The second-order valence-electron chi connectivity index (χ2n) is 8.66. The number of alkyl halides is 3. The molecule has 2 nitrogen and oxygen atoms in total. The van der Waals surface area contributed by atoms with Crippen molar-refractivity contribution < 1.29 is 13.2 Å². The molecule has 0 saturated heterocycles. The molecule has 0 atom stereocenters. The molecule has 0 N–H and O–H groups in total. The molecule has 0 bridgehead atoms. The van der Waals surface area contributed by atoms with Gasteiger partial charge in [-0.25, -0.2) is 4.98 Å². The standard InChI is InChI=1S/C22H33F3N2/c1-3-4-16-5-7-17(8-6-16)18-9-11-19(12-10-18)20-13-14-21(26-15-20)27(2)22(23,24)25/h13-19H,3-12H2,1-2H3. The predicted molar refractivity (Wildman–Crippen MR) is 104 cm³/mol. The van der Waals surface area contributed by atoms with Crippen molar-refractivity contribution in [3.05, 3.63) is 23.9 Å². The van der Waals surface area contributed by atoms with E-state index < -0.39 is 6.30 Å². The summed E-state index contributed by atoms with van der Waals surface area (Å²) in [6.07, 6.45) is 10.4. The minimum atomic E-state index is -4.39. The molecule has 0 spiro atoms. The summed E-state index contributed by atoms with van der Waals surface area (Å²) in [5.74, 6) is 3.13. The first-order valence-corrected chi connectivity index (χ1v) is 10.6. The second kappa shape index (κ2) is 8.83. The normalized spacial score (nSPS) is 29.5. The summed E-state index contributed by atoms with van der Waals surface area (Å²) in [6.45, 7) is 2.29. The van der Waals surface area contributed by atoms with Gasteiger partial charge in [-0.2, -0.15) is 13.2 Å². The highest BCUT2D eigenvalue weighted by Gasteiger charge is 2.35. The van der Waals surface area contributed by atoms with Crippen molar-refractivity contribution in [2.24, 2.45) is 17.8 Å². The molecular formula is C22H33F3N2. The molecular weight excluding hydrogens is 349 g/mol. The summed E-state index contributed by atoms with van der Waals surface area (Å²) in [7, 11) is 1.02. The Balaban J connectivity index is 1.49. The van der Waals surface area contributed by atoms with Crippen molar-refractivity contribution in [2.75, 3.05) is 11.9 Å². The molecule has 1 aromatic heterocycles. The Hall–Kier alpha value is -1.26. The Morgan fingerprint density at radius 3 is 2.04 bits per heavy atom. The molecule has 2 saturated carbocycles. The third-order valence-corrected chi connectivity index (χ3v) is 6.99. The van der Waals surface area contributed by atoms with Crippen LogP contribution in [0.5, 0.6) is 0 Å². The van der Waals surface area contributed by atoms with Crippen molar-refractivity contribution in [1.29, 1.82) is 0 Å². The summed E-state index contributed by atoms with van der Waals surface area (Å²) >= 11 is 0. The van der Waals surface area contributed by atoms with Crippen molar-refractivity contribution in [1.82, 2.24) is 4.98 Å². The number of anilines is 1. The van der Waals surface area contributed by atoms with Gasteiger partial charge >= 0.3 is 6.30 Å². The van der Waals surface area contributed by atoms with E-state index in [1.54, 1.807) is 6.20 Å². The van der Waals surface area contributed by atoms with Crippen LogP contribution in [0.4, 0.5) is 19.0 Å². The maximum absolute atomic E-state index is 12.8. The maximum Gasteiger partial charge on any atom is 0.485 e. The van der Waals surface area contributed by atoms with E-state index in [1.165, 1.54) is 57.4 Å². The molecule has 152 valence electrons. The molecule has 0 unspecified atom stereocenters. The van der Waals surface area contributed by atoms with Gasteiger partial charge in [-0.15, -0.1) is 0 Å². The Labute approximate surface area is 161 Å². The van der Waals surface area contributed by atoms with Crippen LogP contribution in [0.3, 0.4) is 0 Å². The van der Waals surface area contributed by atoms with Gasteiger partial charge in [0.1, 0.15) is 5.82 Å². The fraction of sp³-hybridized carbons (Fsp3) is 0.773. The second-order valence-corrected chi connectivity index (χ2v) is 8.66. The molecule has 0 aromatic carbocycles. The first-order chi connectivity index (χ1) is 12.9. The van der Waals surface area contributed by atoms with E-state index in [4.69, 9.17) is 0 Å². The quantitative estimate of drug-likeness (QED) is 0.514.